The van der Waals surface area contributed by atoms with E-state index in [4.69, 9.17) is 0 Å². The summed E-state index contributed by atoms with van der Waals surface area (Å²) in [6.07, 6.45) is 0. The van der Waals surface area contributed by atoms with Gasteiger partial charge >= 0.3 is 5.69 Å². The first-order valence-corrected chi connectivity index (χ1v) is 3.68. The topological polar surface area (TPSA) is 78.6 Å². The van der Waals surface area contributed by atoms with E-state index in [1.807, 2.05) is 0 Å². The minimum atomic E-state index is -0.497. The van der Waals surface area contributed by atoms with Gasteiger partial charge in [-0.2, -0.15) is 4.37 Å². The number of hydrogen-bond acceptors (Lipinski definition) is 4. The summed E-state index contributed by atoms with van der Waals surface area (Å²) < 4.78 is 3.79. The van der Waals surface area contributed by atoms with E-state index in [-0.39, 0.29) is 5.52 Å². The molecule has 0 unspecified atom stereocenters. The molecule has 2 heterocycles. The number of rotatable bonds is 0. The summed E-state index contributed by atoms with van der Waals surface area (Å²) in [6, 6.07) is 0. The van der Waals surface area contributed by atoms with Gasteiger partial charge in [-0.3, -0.25) is 9.78 Å². The van der Waals surface area contributed by atoms with Crippen molar-refractivity contribution in [1.82, 2.24) is 14.3 Å². The highest BCUT2D eigenvalue weighted by atomic mass is 32.1. The van der Waals surface area contributed by atoms with E-state index in [9.17, 15) is 9.59 Å². The van der Waals surface area contributed by atoms with Crippen LogP contribution in [0.4, 0.5) is 0 Å². The molecule has 0 bridgehead atoms. The van der Waals surface area contributed by atoms with Crippen LogP contribution in [0.5, 0.6) is 0 Å². The number of nitrogens with zero attached hydrogens (tertiary/aromatic N) is 1. The lowest BCUT2D eigenvalue weighted by molar-refractivity contribution is 1.08. The number of nitrogens with one attached hydrogen (secondary N) is 2. The average Bonchev–Trinajstić information content (AvgIpc) is 2.34. The third-order valence-corrected chi connectivity index (χ3v) is 1.89. The van der Waals surface area contributed by atoms with Gasteiger partial charge in [0, 0.05) is 5.38 Å². The fourth-order valence-corrected chi connectivity index (χ4v) is 1.42. The predicted octanol–water partition coefficient (Wildman–Crippen LogP) is -0.327. The maximum Gasteiger partial charge on any atom is 0.326 e. The molecular formula is C5H3N3O2S. The first kappa shape index (κ1) is 6.29. The maximum atomic E-state index is 10.9. The molecule has 0 aromatic carbocycles. The van der Waals surface area contributed by atoms with Crippen molar-refractivity contribution in [3.8, 4) is 0 Å². The van der Waals surface area contributed by atoms with Crippen molar-refractivity contribution < 1.29 is 0 Å². The second kappa shape index (κ2) is 2.03. The molecule has 2 N–H and O–H groups in total. The SMILES string of the molecule is O=c1[nH]c(=O)c2nscc2[nH]1. The first-order valence-electron chi connectivity index (χ1n) is 2.84. The summed E-state index contributed by atoms with van der Waals surface area (Å²) in [7, 11) is 0. The lowest BCUT2D eigenvalue weighted by Gasteiger charge is -1.83. The molecule has 11 heavy (non-hydrogen) atoms. The van der Waals surface area contributed by atoms with Gasteiger partial charge in [0.15, 0.2) is 5.52 Å². The maximum absolute atomic E-state index is 10.9. The highest BCUT2D eigenvalue weighted by molar-refractivity contribution is 7.04. The predicted molar refractivity (Wildman–Crippen MR) is 40.9 cm³/mol. The van der Waals surface area contributed by atoms with Crippen molar-refractivity contribution in [1.29, 1.82) is 0 Å². The zero-order chi connectivity index (χ0) is 7.84. The molecular weight excluding hydrogens is 166 g/mol. The first-order chi connectivity index (χ1) is 5.27. The molecule has 0 atom stereocenters. The van der Waals surface area contributed by atoms with Gasteiger partial charge in [-0.15, -0.1) is 0 Å². The monoisotopic (exact) mass is 169 g/mol. The van der Waals surface area contributed by atoms with Crippen molar-refractivity contribution in [2.45, 2.75) is 0 Å². The Labute approximate surface area is 63.9 Å². The quantitative estimate of drug-likeness (QED) is 0.567. The smallest absolute Gasteiger partial charge is 0.305 e. The lowest BCUT2D eigenvalue weighted by Crippen LogP contribution is -2.21. The van der Waals surface area contributed by atoms with Crippen LogP contribution < -0.4 is 11.2 Å². The highest BCUT2D eigenvalue weighted by Crippen LogP contribution is 2.03. The molecule has 0 spiro atoms. The number of H-pyrrole nitrogens is 2. The van der Waals surface area contributed by atoms with E-state index in [0.717, 1.165) is 11.5 Å². The summed E-state index contributed by atoms with van der Waals surface area (Å²) >= 11 is 1.14. The summed E-state index contributed by atoms with van der Waals surface area (Å²) in [5.41, 5.74) is -0.161. The minimum absolute atomic E-state index is 0.287. The Morgan fingerprint density at radius 1 is 1.36 bits per heavy atom. The third-order valence-electron chi connectivity index (χ3n) is 1.26. The molecule has 0 radical (unpaired) electrons. The number of fused-ring (bicyclic) bond motifs is 1. The van der Waals surface area contributed by atoms with Crippen molar-refractivity contribution in [3.05, 3.63) is 26.2 Å². The normalized spacial score (nSPS) is 10.5. The van der Waals surface area contributed by atoms with Crippen LogP contribution in [0, 0.1) is 0 Å². The molecule has 0 aliphatic heterocycles. The van der Waals surface area contributed by atoms with Crippen LogP contribution in [-0.2, 0) is 0 Å². The molecule has 0 aliphatic carbocycles. The molecule has 0 saturated heterocycles. The van der Waals surface area contributed by atoms with Crippen LogP contribution in [0.25, 0.3) is 11.0 Å². The van der Waals surface area contributed by atoms with Gasteiger partial charge in [-0.25, -0.2) is 4.79 Å². The molecule has 0 amide bonds. The summed E-state index contributed by atoms with van der Waals surface area (Å²) in [4.78, 5) is 26.1. The molecule has 56 valence electrons. The summed E-state index contributed by atoms with van der Waals surface area (Å²) in [5.74, 6) is 0. The van der Waals surface area contributed by atoms with Gasteiger partial charge in [0.2, 0.25) is 0 Å². The van der Waals surface area contributed by atoms with E-state index < -0.39 is 11.2 Å². The summed E-state index contributed by atoms with van der Waals surface area (Å²) in [6.45, 7) is 0. The molecule has 2 aromatic heterocycles. The van der Waals surface area contributed by atoms with E-state index in [0.29, 0.717) is 5.52 Å². The van der Waals surface area contributed by atoms with Crippen LogP contribution in [0.1, 0.15) is 0 Å². The molecule has 2 rings (SSSR count). The Balaban J connectivity index is 3.15. The third kappa shape index (κ3) is 0.874. The molecule has 2 aromatic rings. The van der Waals surface area contributed by atoms with Crippen LogP contribution in [0.15, 0.2) is 15.0 Å². The van der Waals surface area contributed by atoms with Gasteiger partial charge in [0.25, 0.3) is 5.56 Å². The van der Waals surface area contributed by atoms with E-state index in [1.165, 1.54) is 0 Å². The van der Waals surface area contributed by atoms with E-state index in [2.05, 4.69) is 14.3 Å². The van der Waals surface area contributed by atoms with E-state index in [1.54, 1.807) is 5.38 Å². The largest absolute Gasteiger partial charge is 0.326 e. The van der Waals surface area contributed by atoms with Crippen molar-refractivity contribution >= 4 is 22.6 Å². The number of hydrogen-bond donors (Lipinski definition) is 2. The molecule has 0 saturated carbocycles. The fourth-order valence-electron chi connectivity index (χ4n) is 0.805. The Bertz CT molecular complexity index is 494. The number of aromatic amines is 2. The Kier molecular flexibility index (Phi) is 1.16. The molecule has 0 aliphatic rings. The molecule has 0 fully saturated rings. The minimum Gasteiger partial charge on any atom is -0.305 e. The lowest BCUT2D eigenvalue weighted by atomic mass is 10.5. The van der Waals surface area contributed by atoms with Crippen LogP contribution in [0.3, 0.4) is 0 Å². The zero-order valence-corrected chi connectivity index (χ0v) is 6.07. The molecule has 5 nitrogen and oxygen atoms in total. The van der Waals surface area contributed by atoms with Gasteiger partial charge in [0.1, 0.15) is 0 Å². The Hall–Kier alpha value is -1.43. The summed E-state index contributed by atoms with van der Waals surface area (Å²) in [5, 5.41) is 1.62. The van der Waals surface area contributed by atoms with Gasteiger partial charge in [-0.05, 0) is 11.5 Å². The Morgan fingerprint density at radius 3 is 3.00 bits per heavy atom. The zero-order valence-electron chi connectivity index (χ0n) is 5.25. The standard InChI is InChI=1S/C5H3N3O2S/c9-4-3-2(1-11-8-3)6-5(10)7-4/h1H,(H2,6,7,9,10). The van der Waals surface area contributed by atoms with Crippen molar-refractivity contribution in [2.24, 2.45) is 0 Å². The fraction of sp³-hybridized carbons (Fsp3) is 0. The second-order valence-corrected chi connectivity index (χ2v) is 2.61. The van der Waals surface area contributed by atoms with Gasteiger partial charge in [0.05, 0.1) is 5.52 Å². The van der Waals surface area contributed by atoms with Gasteiger partial charge < -0.3 is 4.98 Å². The van der Waals surface area contributed by atoms with Crippen molar-refractivity contribution in [3.63, 3.8) is 0 Å². The number of aromatic nitrogens is 3. The van der Waals surface area contributed by atoms with Crippen LogP contribution >= 0.6 is 11.5 Å². The average molecular weight is 169 g/mol. The highest BCUT2D eigenvalue weighted by Gasteiger charge is 2.00. The van der Waals surface area contributed by atoms with Gasteiger partial charge in [-0.1, -0.05) is 0 Å². The Morgan fingerprint density at radius 2 is 2.18 bits per heavy atom. The second-order valence-electron chi connectivity index (χ2n) is 1.99. The molecule has 6 heteroatoms. The van der Waals surface area contributed by atoms with Crippen LogP contribution in [0.2, 0.25) is 0 Å². The van der Waals surface area contributed by atoms with E-state index >= 15 is 0 Å². The van der Waals surface area contributed by atoms with Crippen molar-refractivity contribution in [2.75, 3.05) is 0 Å². The van der Waals surface area contributed by atoms with Crippen LogP contribution in [-0.4, -0.2) is 14.3 Å².